The first kappa shape index (κ1) is 15.8. The normalized spacial score (nSPS) is 57.6. The molecule has 5 aliphatic carbocycles. The molecule has 2 spiro atoms. The summed E-state index contributed by atoms with van der Waals surface area (Å²) in [7, 11) is 0. The largest absolute Gasteiger partial charge is 0.393 e. The predicted molar refractivity (Wildman–Crippen MR) is 87.7 cm³/mol. The third-order valence-corrected chi connectivity index (χ3v) is 9.85. The van der Waals surface area contributed by atoms with Crippen molar-refractivity contribution in [3.63, 3.8) is 0 Å². The highest BCUT2D eigenvalue weighted by Crippen LogP contribution is 2.75. The average molecular weight is 384 g/mol. The van der Waals surface area contributed by atoms with Gasteiger partial charge in [0.15, 0.2) is 0 Å². The molecule has 0 radical (unpaired) electrons. The number of ketones is 1. The Morgan fingerprint density at radius 3 is 1.43 bits per heavy atom. The van der Waals surface area contributed by atoms with Gasteiger partial charge in [-0.25, -0.2) is 0 Å². The molecule has 7 heteroatoms. The first-order chi connectivity index (χ1) is 13.4. The summed E-state index contributed by atoms with van der Waals surface area (Å²) >= 11 is 0. The van der Waals surface area contributed by atoms with Crippen LogP contribution in [0.2, 0.25) is 0 Å². The minimum Gasteiger partial charge on any atom is -0.393 e. The fraction of sp³-hybridized carbons (Fsp3) is 0.762. The first-order valence-electron chi connectivity index (χ1n) is 10.4. The highest BCUT2D eigenvalue weighted by molar-refractivity contribution is 6.02. The van der Waals surface area contributed by atoms with Crippen LogP contribution in [-0.4, -0.2) is 29.7 Å². The minimum atomic E-state index is -0.554. The highest BCUT2D eigenvalue weighted by Gasteiger charge is 2.78. The van der Waals surface area contributed by atoms with Crippen LogP contribution < -0.4 is 0 Å². The summed E-state index contributed by atoms with van der Waals surface area (Å²) in [6, 6.07) is 0. The number of cyclic esters (lactones) is 4. The van der Waals surface area contributed by atoms with Crippen LogP contribution in [0.15, 0.2) is 0 Å². The van der Waals surface area contributed by atoms with E-state index in [-0.39, 0.29) is 41.3 Å². The van der Waals surface area contributed by atoms with E-state index in [2.05, 4.69) is 0 Å². The van der Waals surface area contributed by atoms with Gasteiger partial charge in [0.25, 0.3) is 0 Å². The molecule has 7 fully saturated rings. The van der Waals surface area contributed by atoms with Crippen molar-refractivity contribution >= 4 is 29.7 Å². The summed E-state index contributed by atoms with van der Waals surface area (Å²) < 4.78 is 9.82. The molecular weight excluding hydrogens is 364 g/mol. The first-order valence-corrected chi connectivity index (χ1v) is 10.4. The van der Waals surface area contributed by atoms with E-state index >= 15 is 0 Å². The molecule has 4 unspecified atom stereocenters. The third-order valence-electron chi connectivity index (χ3n) is 9.85. The van der Waals surface area contributed by atoms with Gasteiger partial charge in [-0.1, -0.05) is 0 Å². The molecular formula is C21H20O7. The predicted octanol–water partition coefficient (Wildman–Crippen LogP) is 1.03. The van der Waals surface area contributed by atoms with Gasteiger partial charge in [0.05, 0.1) is 23.7 Å². The third kappa shape index (κ3) is 1.40. The number of hydrogen-bond acceptors (Lipinski definition) is 7. The molecule has 0 aromatic heterocycles. The van der Waals surface area contributed by atoms with Crippen molar-refractivity contribution in [3.8, 4) is 0 Å². The van der Waals surface area contributed by atoms with Crippen LogP contribution in [0, 0.1) is 58.2 Å². The lowest BCUT2D eigenvalue weighted by Gasteiger charge is -2.41. The maximum Gasteiger partial charge on any atom is 0.317 e. The molecule has 7 aliphatic rings. The molecule has 5 saturated carbocycles. The van der Waals surface area contributed by atoms with Crippen molar-refractivity contribution in [2.24, 2.45) is 58.2 Å². The summed E-state index contributed by atoms with van der Waals surface area (Å²) in [5.41, 5.74) is -1.11. The Hall–Kier alpha value is -2.05. The zero-order valence-corrected chi connectivity index (χ0v) is 15.2. The molecule has 0 aromatic rings. The molecule has 7 nitrogen and oxygen atoms in total. The van der Waals surface area contributed by atoms with Crippen molar-refractivity contribution in [2.45, 2.75) is 38.5 Å². The zero-order valence-electron chi connectivity index (χ0n) is 15.2. The molecule has 28 heavy (non-hydrogen) atoms. The van der Waals surface area contributed by atoms with Crippen molar-refractivity contribution in [1.82, 2.24) is 0 Å². The second-order valence-corrected chi connectivity index (χ2v) is 10.3. The van der Waals surface area contributed by atoms with E-state index < -0.39 is 46.5 Å². The lowest BCUT2D eigenvalue weighted by molar-refractivity contribution is -0.156. The van der Waals surface area contributed by atoms with Crippen molar-refractivity contribution in [1.29, 1.82) is 0 Å². The van der Waals surface area contributed by atoms with Gasteiger partial charge in [-0.2, -0.15) is 0 Å². The van der Waals surface area contributed by atoms with Gasteiger partial charge in [0.1, 0.15) is 5.78 Å². The Labute approximate surface area is 160 Å². The fourth-order valence-corrected chi connectivity index (χ4v) is 9.16. The molecule has 4 bridgehead atoms. The second-order valence-electron chi connectivity index (χ2n) is 10.3. The molecule has 2 saturated heterocycles. The molecule has 0 aromatic carbocycles. The van der Waals surface area contributed by atoms with Crippen LogP contribution >= 0.6 is 0 Å². The van der Waals surface area contributed by atoms with E-state index in [0.29, 0.717) is 12.8 Å². The zero-order chi connectivity index (χ0) is 19.2. The number of esters is 4. The Bertz CT molecular complexity index is 850. The number of fused-ring (bicyclic) bond motifs is 12. The summed E-state index contributed by atoms with van der Waals surface area (Å²) in [5.74, 6) is -3.28. The maximum absolute atomic E-state index is 14.0. The monoisotopic (exact) mass is 384 g/mol. The fourth-order valence-electron chi connectivity index (χ4n) is 9.16. The summed E-state index contributed by atoms with van der Waals surface area (Å²) in [6.45, 7) is 0. The van der Waals surface area contributed by atoms with Crippen molar-refractivity contribution in [3.05, 3.63) is 0 Å². The second kappa shape index (κ2) is 4.41. The topological polar surface area (TPSA) is 104 Å². The molecule has 2 heterocycles. The van der Waals surface area contributed by atoms with Gasteiger partial charge in [-0.15, -0.1) is 0 Å². The number of carbonyl (C=O) groups is 5. The Morgan fingerprint density at radius 1 is 0.607 bits per heavy atom. The molecule has 2 aliphatic heterocycles. The molecule has 146 valence electrons. The Morgan fingerprint density at radius 2 is 1.00 bits per heavy atom. The SMILES string of the molecule is O=C1OC(=O)[C@@H]2C1C1C[C@H]2[C@@]2(CC[C@@]3(CC4C[C@H]3C3C(=O)OC(=O)[C@@H]43)C2=O)C1. The quantitative estimate of drug-likeness (QED) is 0.454. The van der Waals surface area contributed by atoms with Gasteiger partial charge in [-0.05, 0) is 62.2 Å². The lowest BCUT2D eigenvalue weighted by atomic mass is 9.58. The Kier molecular flexibility index (Phi) is 2.49. The van der Waals surface area contributed by atoms with E-state index in [4.69, 9.17) is 9.47 Å². The van der Waals surface area contributed by atoms with Gasteiger partial charge in [0, 0.05) is 10.8 Å². The van der Waals surface area contributed by atoms with E-state index in [1.54, 1.807) is 0 Å². The average Bonchev–Trinajstić information content (AvgIpc) is 3.46. The highest BCUT2D eigenvalue weighted by atomic mass is 16.6. The molecule has 10 atom stereocenters. The Balaban J connectivity index is 1.27. The van der Waals surface area contributed by atoms with E-state index in [1.807, 2.05) is 0 Å². The van der Waals surface area contributed by atoms with Gasteiger partial charge in [0.2, 0.25) is 0 Å². The van der Waals surface area contributed by atoms with E-state index in [9.17, 15) is 24.0 Å². The number of hydrogen-bond donors (Lipinski definition) is 0. The van der Waals surface area contributed by atoms with Gasteiger partial charge in [-0.3, -0.25) is 24.0 Å². The van der Waals surface area contributed by atoms with Crippen LogP contribution in [0.4, 0.5) is 0 Å². The summed E-state index contributed by atoms with van der Waals surface area (Å²) in [5, 5.41) is 0. The minimum absolute atomic E-state index is 0.0532. The van der Waals surface area contributed by atoms with Crippen LogP contribution in [-0.2, 0) is 33.4 Å². The molecule has 7 rings (SSSR count). The number of rotatable bonds is 0. The summed E-state index contributed by atoms with van der Waals surface area (Å²) in [4.78, 5) is 62.8. The number of Topliss-reactive ketones (excluding diaryl/α,β-unsaturated/α-hetero) is 1. The van der Waals surface area contributed by atoms with Crippen LogP contribution in [0.25, 0.3) is 0 Å². The van der Waals surface area contributed by atoms with Crippen LogP contribution in [0.1, 0.15) is 38.5 Å². The van der Waals surface area contributed by atoms with Gasteiger partial charge >= 0.3 is 23.9 Å². The maximum atomic E-state index is 14.0. The standard InChI is InChI=1S/C21H20O7/c22-15-11-7-3-9(13(11)17(24)27-15)20(5-7)1-2-21(19(20)26)6-8-4-10(21)14-12(8)16(23)28-18(14)25/h7-14H,1-6H2/t7?,8?,9-,10+,11-,12?,13?,14-,20-,21+/m0/s1. The van der Waals surface area contributed by atoms with Gasteiger partial charge < -0.3 is 9.47 Å². The molecule has 0 N–H and O–H groups in total. The number of ether oxygens (including phenoxy) is 2. The van der Waals surface area contributed by atoms with Crippen LogP contribution in [0.5, 0.6) is 0 Å². The van der Waals surface area contributed by atoms with Crippen LogP contribution in [0.3, 0.4) is 0 Å². The number of carbonyl (C=O) groups excluding carboxylic acids is 5. The summed E-state index contributed by atoms with van der Waals surface area (Å²) in [6.07, 6.45) is 4.27. The van der Waals surface area contributed by atoms with Crippen molar-refractivity contribution < 1.29 is 33.4 Å². The smallest absolute Gasteiger partial charge is 0.317 e. The van der Waals surface area contributed by atoms with E-state index in [0.717, 1.165) is 25.7 Å². The molecule has 0 amide bonds. The lowest BCUT2D eigenvalue weighted by Crippen LogP contribution is -2.48. The van der Waals surface area contributed by atoms with Crippen molar-refractivity contribution in [2.75, 3.05) is 0 Å². The van der Waals surface area contributed by atoms with E-state index in [1.165, 1.54) is 0 Å².